The quantitative estimate of drug-likeness (QED) is 0.835. The number of nitrogens with zero attached hydrogens (tertiary/aromatic N) is 1. The summed E-state index contributed by atoms with van der Waals surface area (Å²) < 4.78 is 0.987. The molecule has 0 aliphatic carbocycles. The van der Waals surface area contributed by atoms with E-state index in [0.717, 1.165) is 48.2 Å². The summed E-state index contributed by atoms with van der Waals surface area (Å²) in [4.78, 5) is 13.5. The zero-order chi connectivity index (χ0) is 13.1. The van der Waals surface area contributed by atoms with Gasteiger partial charge in [-0.3, -0.25) is 9.69 Å². The third-order valence-electron chi connectivity index (χ3n) is 3.29. The van der Waals surface area contributed by atoms with Gasteiger partial charge in [0.25, 0.3) is 0 Å². The first-order valence-corrected chi connectivity index (χ1v) is 6.90. The lowest BCUT2D eigenvalue weighted by Crippen LogP contribution is -2.40. The van der Waals surface area contributed by atoms with Crippen LogP contribution in [0, 0.1) is 5.92 Å². The van der Waals surface area contributed by atoms with Gasteiger partial charge in [-0.05, 0) is 43.1 Å². The summed E-state index contributed by atoms with van der Waals surface area (Å²) in [7, 11) is 0. The molecule has 0 spiro atoms. The van der Waals surface area contributed by atoms with Crippen LogP contribution in [-0.4, -0.2) is 23.9 Å². The molecule has 1 saturated heterocycles. The average molecular weight is 312 g/mol. The van der Waals surface area contributed by atoms with Crippen molar-refractivity contribution in [1.82, 2.24) is 4.90 Å². The van der Waals surface area contributed by atoms with Gasteiger partial charge in [0.15, 0.2) is 0 Å². The molecule has 1 aliphatic heterocycles. The summed E-state index contributed by atoms with van der Waals surface area (Å²) in [6, 6.07) is 5.91. The maximum Gasteiger partial charge on any atom is 0.221 e. The number of nitrogen functional groups attached to an aromatic ring is 1. The van der Waals surface area contributed by atoms with Crippen molar-refractivity contribution in [1.29, 1.82) is 0 Å². The molecule has 5 heteroatoms. The molecule has 0 radical (unpaired) electrons. The molecule has 1 aliphatic rings. The van der Waals surface area contributed by atoms with E-state index in [2.05, 4.69) is 26.9 Å². The number of likely N-dealkylation sites (tertiary alicyclic amines) is 1. The van der Waals surface area contributed by atoms with E-state index in [0.29, 0.717) is 0 Å². The van der Waals surface area contributed by atoms with Crippen LogP contribution in [-0.2, 0) is 11.3 Å². The van der Waals surface area contributed by atoms with Crippen molar-refractivity contribution in [2.75, 3.05) is 18.8 Å². The first-order valence-electron chi connectivity index (χ1n) is 6.11. The zero-order valence-corrected chi connectivity index (χ0v) is 11.8. The van der Waals surface area contributed by atoms with E-state index < -0.39 is 0 Å². The fourth-order valence-electron chi connectivity index (χ4n) is 2.46. The molecular weight excluding hydrogens is 294 g/mol. The SMILES string of the molecule is NC(=O)C1CCCN(Cc2cc(N)cc(Br)c2)C1. The Morgan fingerprint density at radius 3 is 2.89 bits per heavy atom. The minimum absolute atomic E-state index is 0.0109. The molecule has 1 amide bonds. The van der Waals surface area contributed by atoms with Crippen LogP contribution in [0.25, 0.3) is 0 Å². The summed E-state index contributed by atoms with van der Waals surface area (Å²) >= 11 is 3.44. The van der Waals surface area contributed by atoms with Gasteiger partial charge in [-0.15, -0.1) is 0 Å². The highest BCUT2D eigenvalue weighted by Gasteiger charge is 2.23. The highest BCUT2D eigenvalue weighted by molar-refractivity contribution is 9.10. The normalized spacial score (nSPS) is 20.8. The van der Waals surface area contributed by atoms with Crippen LogP contribution in [0.3, 0.4) is 0 Å². The maximum absolute atomic E-state index is 11.2. The molecule has 1 fully saturated rings. The van der Waals surface area contributed by atoms with E-state index in [-0.39, 0.29) is 11.8 Å². The third-order valence-corrected chi connectivity index (χ3v) is 3.75. The number of halogens is 1. The van der Waals surface area contributed by atoms with Gasteiger partial charge < -0.3 is 11.5 Å². The van der Waals surface area contributed by atoms with Gasteiger partial charge >= 0.3 is 0 Å². The number of nitrogens with two attached hydrogens (primary N) is 2. The number of carbonyl (C=O) groups excluding carboxylic acids is 1. The van der Waals surface area contributed by atoms with E-state index >= 15 is 0 Å². The highest BCUT2D eigenvalue weighted by Crippen LogP contribution is 2.22. The number of amides is 1. The van der Waals surface area contributed by atoms with Crippen LogP contribution in [0.5, 0.6) is 0 Å². The van der Waals surface area contributed by atoms with Crippen molar-refractivity contribution in [3.05, 3.63) is 28.2 Å². The Morgan fingerprint density at radius 2 is 2.22 bits per heavy atom. The van der Waals surface area contributed by atoms with E-state index in [4.69, 9.17) is 11.5 Å². The van der Waals surface area contributed by atoms with Crippen molar-refractivity contribution in [3.8, 4) is 0 Å². The van der Waals surface area contributed by atoms with Crippen molar-refractivity contribution in [2.45, 2.75) is 19.4 Å². The Labute approximate surface area is 115 Å². The van der Waals surface area contributed by atoms with Crippen LogP contribution in [0.4, 0.5) is 5.69 Å². The molecule has 98 valence electrons. The lowest BCUT2D eigenvalue weighted by molar-refractivity contribution is -0.123. The molecule has 0 bridgehead atoms. The molecule has 4 N–H and O–H groups in total. The first kappa shape index (κ1) is 13.4. The van der Waals surface area contributed by atoms with Crippen molar-refractivity contribution >= 4 is 27.5 Å². The number of hydrogen-bond acceptors (Lipinski definition) is 3. The second-order valence-corrected chi connectivity index (χ2v) is 5.79. The number of anilines is 1. The second-order valence-electron chi connectivity index (χ2n) is 4.87. The summed E-state index contributed by atoms with van der Waals surface area (Å²) in [5.41, 5.74) is 13.1. The molecule has 2 rings (SSSR count). The summed E-state index contributed by atoms with van der Waals surface area (Å²) in [5.74, 6) is -0.197. The molecular formula is C13H18BrN3O. The molecule has 18 heavy (non-hydrogen) atoms. The number of piperidine rings is 1. The first-order chi connectivity index (χ1) is 8.54. The average Bonchev–Trinajstić information content (AvgIpc) is 2.27. The zero-order valence-electron chi connectivity index (χ0n) is 10.2. The van der Waals surface area contributed by atoms with Crippen LogP contribution in [0.1, 0.15) is 18.4 Å². The van der Waals surface area contributed by atoms with E-state index in [1.807, 2.05) is 12.1 Å². The van der Waals surface area contributed by atoms with Crippen LogP contribution < -0.4 is 11.5 Å². The Kier molecular flexibility index (Phi) is 4.24. The fraction of sp³-hybridized carbons (Fsp3) is 0.462. The number of primary amides is 1. The van der Waals surface area contributed by atoms with E-state index in [1.165, 1.54) is 0 Å². The minimum atomic E-state index is -0.187. The van der Waals surface area contributed by atoms with Gasteiger partial charge in [-0.25, -0.2) is 0 Å². The van der Waals surface area contributed by atoms with Crippen molar-refractivity contribution < 1.29 is 4.79 Å². The van der Waals surface area contributed by atoms with Gasteiger partial charge in [-0.2, -0.15) is 0 Å². The molecule has 0 saturated carbocycles. The molecule has 1 atom stereocenters. The van der Waals surface area contributed by atoms with Gasteiger partial charge in [-0.1, -0.05) is 15.9 Å². The Bertz CT molecular complexity index is 430. The van der Waals surface area contributed by atoms with Crippen LogP contribution in [0.2, 0.25) is 0 Å². The topological polar surface area (TPSA) is 72.4 Å². The largest absolute Gasteiger partial charge is 0.399 e. The lowest BCUT2D eigenvalue weighted by atomic mass is 9.97. The van der Waals surface area contributed by atoms with Gasteiger partial charge in [0.2, 0.25) is 5.91 Å². The minimum Gasteiger partial charge on any atom is -0.399 e. The Balaban J connectivity index is 2.02. The Morgan fingerprint density at radius 1 is 1.44 bits per heavy atom. The smallest absolute Gasteiger partial charge is 0.221 e. The predicted molar refractivity (Wildman–Crippen MR) is 75.7 cm³/mol. The number of benzene rings is 1. The summed E-state index contributed by atoms with van der Waals surface area (Å²) in [5, 5.41) is 0. The predicted octanol–water partition coefficient (Wildman–Crippen LogP) is 1.73. The molecule has 0 aromatic heterocycles. The van der Waals surface area contributed by atoms with E-state index in [9.17, 15) is 4.79 Å². The second kappa shape index (κ2) is 5.71. The standard InChI is InChI=1S/C13H18BrN3O/c14-11-4-9(5-12(15)6-11)7-17-3-1-2-10(8-17)13(16)18/h4-6,10H,1-3,7-8,15H2,(H2,16,18). The number of hydrogen-bond donors (Lipinski definition) is 2. The summed E-state index contributed by atoms with van der Waals surface area (Å²) in [6.07, 6.45) is 1.93. The van der Waals surface area contributed by atoms with Crippen molar-refractivity contribution in [3.63, 3.8) is 0 Å². The van der Waals surface area contributed by atoms with E-state index in [1.54, 1.807) is 0 Å². The summed E-state index contributed by atoms with van der Waals surface area (Å²) in [6.45, 7) is 2.57. The van der Waals surface area contributed by atoms with Crippen molar-refractivity contribution in [2.24, 2.45) is 11.7 Å². The van der Waals surface area contributed by atoms with Gasteiger partial charge in [0.1, 0.15) is 0 Å². The molecule has 1 unspecified atom stereocenters. The highest BCUT2D eigenvalue weighted by atomic mass is 79.9. The monoisotopic (exact) mass is 311 g/mol. The maximum atomic E-state index is 11.2. The van der Waals surface area contributed by atoms with Crippen LogP contribution in [0.15, 0.2) is 22.7 Å². The number of carbonyl (C=O) groups is 1. The van der Waals surface area contributed by atoms with Gasteiger partial charge in [0.05, 0.1) is 5.92 Å². The molecule has 1 aromatic rings. The van der Waals surface area contributed by atoms with Gasteiger partial charge in [0, 0.05) is 23.2 Å². The fourth-order valence-corrected chi connectivity index (χ4v) is 3.01. The molecule has 1 heterocycles. The number of rotatable bonds is 3. The molecule has 4 nitrogen and oxygen atoms in total. The Hall–Kier alpha value is -1.07. The third kappa shape index (κ3) is 3.46. The van der Waals surface area contributed by atoms with Crippen LogP contribution >= 0.6 is 15.9 Å². The lowest BCUT2D eigenvalue weighted by Gasteiger charge is -2.31. The molecule has 1 aromatic carbocycles.